The molecule has 19 heavy (non-hydrogen) atoms. The van der Waals surface area contributed by atoms with Crippen molar-refractivity contribution in [3.63, 3.8) is 0 Å². The second-order valence-electron chi connectivity index (χ2n) is 4.40. The topological polar surface area (TPSA) is 97.6 Å². The van der Waals surface area contributed by atoms with Gasteiger partial charge in [-0.05, 0) is 0 Å². The molecule has 2 rings (SSSR count). The zero-order valence-corrected chi connectivity index (χ0v) is 10.6. The lowest BCUT2D eigenvalue weighted by Gasteiger charge is -2.21. The largest absolute Gasteiger partial charge is 0.480 e. The average molecular weight is 268 g/mol. The minimum Gasteiger partial charge on any atom is -0.480 e. The summed E-state index contributed by atoms with van der Waals surface area (Å²) in [5.74, 6) is -1.20. The number of amides is 1. The van der Waals surface area contributed by atoms with Gasteiger partial charge in [0, 0.05) is 26.5 Å². The lowest BCUT2D eigenvalue weighted by atomic mass is 10.2. The fourth-order valence-electron chi connectivity index (χ4n) is 2.18. The van der Waals surface area contributed by atoms with Gasteiger partial charge in [0.1, 0.15) is 18.7 Å². The second-order valence-corrected chi connectivity index (χ2v) is 4.40. The molecule has 2 atom stereocenters. The first-order valence-electron chi connectivity index (χ1n) is 5.99. The molecule has 2 unspecified atom stereocenters. The van der Waals surface area contributed by atoms with Crippen LogP contribution in [0.1, 0.15) is 12.8 Å². The molecule has 2 heterocycles. The lowest BCUT2D eigenvalue weighted by molar-refractivity contribution is -0.148. The molecule has 1 fully saturated rings. The predicted octanol–water partition coefficient (Wildman–Crippen LogP) is -0.631. The van der Waals surface area contributed by atoms with Gasteiger partial charge in [-0.2, -0.15) is 5.10 Å². The first-order valence-corrected chi connectivity index (χ1v) is 5.99. The van der Waals surface area contributed by atoms with Crippen molar-refractivity contribution < 1.29 is 19.4 Å². The van der Waals surface area contributed by atoms with Crippen LogP contribution in [0.15, 0.2) is 12.7 Å². The summed E-state index contributed by atoms with van der Waals surface area (Å²) in [5, 5.41) is 13.0. The van der Waals surface area contributed by atoms with Crippen molar-refractivity contribution in [1.82, 2.24) is 19.7 Å². The zero-order chi connectivity index (χ0) is 13.8. The minimum absolute atomic E-state index is 0.198. The molecule has 0 spiro atoms. The molecule has 1 aliphatic heterocycles. The molecule has 0 radical (unpaired) electrons. The van der Waals surface area contributed by atoms with Crippen molar-refractivity contribution in [3.05, 3.63) is 12.7 Å². The van der Waals surface area contributed by atoms with Crippen LogP contribution in [-0.2, 0) is 20.9 Å². The maximum Gasteiger partial charge on any atom is 0.326 e. The van der Waals surface area contributed by atoms with Crippen molar-refractivity contribution >= 4 is 11.9 Å². The van der Waals surface area contributed by atoms with E-state index in [-0.39, 0.29) is 18.4 Å². The molecule has 1 aliphatic rings. The lowest BCUT2D eigenvalue weighted by Crippen LogP contribution is -2.40. The van der Waals surface area contributed by atoms with E-state index in [1.54, 1.807) is 0 Å². The van der Waals surface area contributed by atoms with E-state index in [0.29, 0.717) is 19.5 Å². The van der Waals surface area contributed by atoms with E-state index in [2.05, 4.69) is 10.1 Å². The zero-order valence-electron chi connectivity index (χ0n) is 10.6. The van der Waals surface area contributed by atoms with Gasteiger partial charge in [-0.15, -0.1) is 0 Å². The van der Waals surface area contributed by atoms with E-state index in [4.69, 9.17) is 9.84 Å². The molecule has 104 valence electrons. The number of carboxylic acids is 1. The standard InChI is InChI=1S/C11H16N4O4/c1-19-8-4-9(11(17)18)15(5-8)10(16)2-3-14-7-12-6-13-14/h6-9H,2-5H2,1H3,(H,17,18). The van der Waals surface area contributed by atoms with Gasteiger partial charge in [-0.3, -0.25) is 9.48 Å². The Morgan fingerprint density at radius 3 is 2.89 bits per heavy atom. The molecule has 0 aliphatic carbocycles. The number of carbonyl (C=O) groups excluding carboxylic acids is 1. The molecule has 1 amide bonds. The van der Waals surface area contributed by atoms with Gasteiger partial charge < -0.3 is 14.7 Å². The number of carbonyl (C=O) groups is 2. The Labute approximate surface area is 110 Å². The van der Waals surface area contributed by atoms with Gasteiger partial charge in [0.05, 0.1) is 12.6 Å². The Morgan fingerprint density at radius 2 is 2.32 bits per heavy atom. The predicted molar refractivity (Wildman–Crippen MR) is 63.2 cm³/mol. The van der Waals surface area contributed by atoms with Crippen molar-refractivity contribution in [1.29, 1.82) is 0 Å². The van der Waals surface area contributed by atoms with Crippen LogP contribution in [-0.4, -0.2) is 62.4 Å². The highest BCUT2D eigenvalue weighted by Gasteiger charge is 2.39. The number of ether oxygens (including phenoxy) is 1. The molecule has 8 heteroatoms. The molecule has 1 N–H and O–H groups in total. The molecule has 1 aromatic heterocycles. The molecule has 0 bridgehead atoms. The number of nitrogens with zero attached hydrogens (tertiary/aromatic N) is 4. The summed E-state index contributed by atoms with van der Waals surface area (Å²) in [5.41, 5.74) is 0. The minimum atomic E-state index is -0.992. The fraction of sp³-hybridized carbons (Fsp3) is 0.636. The molecule has 0 aromatic carbocycles. The molecule has 0 saturated carbocycles. The van der Waals surface area contributed by atoms with E-state index in [9.17, 15) is 9.59 Å². The van der Waals surface area contributed by atoms with Crippen LogP contribution in [0.2, 0.25) is 0 Å². The number of hydrogen-bond donors (Lipinski definition) is 1. The van der Waals surface area contributed by atoms with Crippen LogP contribution in [0.3, 0.4) is 0 Å². The molecule has 8 nitrogen and oxygen atoms in total. The number of aliphatic carboxylic acids is 1. The number of hydrogen-bond acceptors (Lipinski definition) is 5. The fourth-order valence-corrected chi connectivity index (χ4v) is 2.18. The van der Waals surface area contributed by atoms with Gasteiger partial charge in [0.2, 0.25) is 5.91 Å². The van der Waals surface area contributed by atoms with E-state index in [0.717, 1.165) is 0 Å². The Kier molecular flexibility index (Phi) is 4.10. The summed E-state index contributed by atoms with van der Waals surface area (Å²) in [7, 11) is 1.52. The van der Waals surface area contributed by atoms with Gasteiger partial charge in [0.25, 0.3) is 0 Å². The average Bonchev–Trinajstić information content (AvgIpc) is 3.04. The quantitative estimate of drug-likeness (QED) is 0.763. The third-order valence-corrected chi connectivity index (χ3v) is 3.22. The van der Waals surface area contributed by atoms with E-state index < -0.39 is 12.0 Å². The molecule has 1 aromatic rings. The van der Waals surface area contributed by atoms with Crippen molar-refractivity contribution in [2.45, 2.75) is 31.5 Å². The summed E-state index contributed by atoms with van der Waals surface area (Å²) in [6, 6.07) is -0.798. The van der Waals surface area contributed by atoms with E-state index in [1.807, 2.05) is 0 Å². The number of aryl methyl sites for hydroxylation is 1. The number of methoxy groups -OCH3 is 1. The molecule has 1 saturated heterocycles. The van der Waals surface area contributed by atoms with Crippen LogP contribution in [0.5, 0.6) is 0 Å². The normalized spacial score (nSPS) is 22.7. The Bertz CT molecular complexity index is 448. The van der Waals surface area contributed by atoms with Crippen LogP contribution >= 0.6 is 0 Å². The maximum atomic E-state index is 12.1. The third-order valence-electron chi connectivity index (χ3n) is 3.22. The first-order chi connectivity index (χ1) is 9.11. The van der Waals surface area contributed by atoms with Gasteiger partial charge in [-0.25, -0.2) is 9.78 Å². The first kappa shape index (κ1) is 13.5. The highest BCUT2D eigenvalue weighted by atomic mass is 16.5. The van der Waals surface area contributed by atoms with Crippen molar-refractivity contribution in [3.8, 4) is 0 Å². The third kappa shape index (κ3) is 3.08. The Hall–Kier alpha value is -1.96. The Balaban J connectivity index is 1.94. The molecular weight excluding hydrogens is 252 g/mol. The number of rotatable bonds is 5. The highest BCUT2D eigenvalue weighted by molar-refractivity contribution is 5.84. The summed E-state index contributed by atoms with van der Waals surface area (Å²) in [6.07, 6.45) is 3.23. The summed E-state index contributed by atoms with van der Waals surface area (Å²) in [4.78, 5) is 28.3. The highest BCUT2D eigenvalue weighted by Crippen LogP contribution is 2.21. The van der Waals surface area contributed by atoms with Crippen LogP contribution in [0.25, 0.3) is 0 Å². The summed E-state index contributed by atoms with van der Waals surface area (Å²) < 4.78 is 6.68. The van der Waals surface area contributed by atoms with Crippen LogP contribution in [0, 0.1) is 0 Å². The number of likely N-dealkylation sites (tertiary alicyclic amines) is 1. The van der Waals surface area contributed by atoms with Gasteiger partial charge >= 0.3 is 5.97 Å². The number of carboxylic acid groups (broad SMARTS) is 1. The SMILES string of the molecule is COC1CC(C(=O)O)N(C(=O)CCn2cncn2)C1. The monoisotopic (exact) mass is 268 g/mol. The van der Waals surface area contributed by atoms with Gasteiger partial charge in [0.15, 0.2) is 0 Å². The van der Waals surface area contributed by atoms with Crippen molar-refractivity contribution in [2.24, 2.45) is 0 Å². The smallest absolute Gasteiger partial charge is 0.326 e. The van der Waals surface area contributed by atoms with Gasteiger partial charge in [-0.1, -0.05) is 0 Å². The maximum absolute atomic E-state index is 12.1. The van der Waals surface area contributed by atoms with E-state index in [1.165, 1.54) is 29.3 Å². The van der Waals surface area contributed by atoms with Crippen molar-refractivity contribution in [2.75, 3.05) is 13.7 Å². The molecular formula is C11H16N4O4. The van der Waals surface area contributed by atoms with Crippen LogP contribution < -0.4 is 0 Å². The Morgan fingerprint density at radius 1 is 1.53 bits per heavy atom. The summed E-state index contributed by atoms with van der Waals surface area (Å²) >= 11 is 0. The summed E-state index contributed by atoms with van der Waals surface area (Å²) in [6.45, 7) is 0.711. The number of aromatic nitrogens is 3. The second kappa shape index (κ2) is 5.79. The van der Waals surface area contributed by atoms with E-state index >= 15 is 0 Å². The van der Waals surface area contributed by atoms with Crippen LogP contribution in [0.4, 0.5) is 0 Å².